The van der Waals surface area contributed by atoms with Gasteiger partial charge >= 0.3 is 0 Å². The lowest BCUT2D eigenvalue weighted by molar-refractivity contribution is -0.116. The second kappa shape index (κ2) is 7.51. The Labute approximate surface area is 184 Å². The van der Waals surface area contributed by atoms with E-state index in [1.807, 2.05) is 42.2 Å². The molecule has 28 heavy (non-hydrogen) atoms. The first-order chi connectivity index (χ1) is 13.4. The van der Waals surface area contributed by atoms with Crippen LogP contribution >= 0.6 is 43.2 Å². The molecule has 1 aliphatic carbocycles. The number of thiophene rings is 1. The normalized spacial score (nSPS) is 19.7. The van der Waals surface area contributed by atoms with E-state index in [1.54, 1.807) is 11.3 Å². The van der Waals surface area contributed by atoms with Gasteiger partial charge in [0.2, 0.25) is 0 Å². The van der Waals surface area contributed by atoms with Crippen LogP contribution in [-0.2, 0) is 4.79 Å². The molecule has 1 aromatic heterocycles. The van der Waals surface area contributed by atoms with E-state index in [0.29, 0.717) is 23.4 Å². The van der Waals surface area contributed by atoms with Crippen LogP contribution in [0.5, 0.6) is 0 Å². The quantitative estimate of drug-likeness (QED) is 0.538. The molecule has 4 nitrogen and oxygen atoms in total. The largest absolute Gasteiger partial charge is 0.384 e. The SMILES string of the molecule is Cc1sc(C2C(C#N)=C(N)N(c3ccc(Br)cc3)C3=C2C(=O)CCC3)cc1Br. The average molecular weight is 519 g/mol. The molecule has 2 heterocycles. The molecule has 0 saturated carbocycles. The molecule has 0 saturated heterocycles. The zero-order valence-corrected chi connectivity index (χ0v) is 19.1. The van der Waals surface area contributed by atoms with Crippen molar-refractivity contribution in [3.63, 3.8) is 0 Å². The second-order valence-electron chi connectivity index (χ2n) is 6.85. The number of allylic oxidation sites excluding steroid dienone is 3. The zero-order chi connectivity index (χ0) is 20.0. The zero-order valence-electron chi connectivity index (χ0n) is 15.1. The topological polar surface area (TPSA) is 70.1 Å². The number of anilines is 1. The number of hydrogen-bond donors (Lipinski definition) is 1. The van der Waals surface area contributed by atoms with Gasteiger partial charge in [0.05, 0.1) is 17.6 Å². The number of Topliss-reactive ketones (excluding diaryl/α,β-unsaturated/α-hetero) is 1. The minimum atomic E-state index is -0.394. The maximum Gasteiger partial charge on any atom is 0.161 e. The average Bonchev–Trinajstić information content (AvgIpc) is 3.00. The van der Waals surface area contributed by atoms with Crippen molar-refractivity contribution in [1.82, 2.24) is 0 Å². The Hall–Kier alpha value is -1.88. The summed E-state index contributed by atoms with van der Waals surface area (Å²) < 4.78 is 1.95. The first kappa shape index (κ1) is 19.4. The van der Waals surface area contributed by atoms with E-state index in [4.69, 9.17) is 5.73 Å². The van der Waals surface area contributed by atoms with Crippen molar-refractivity contribution in [2.24, 2.45) is 5.73 Å². The van der Waals surface area contributed by atoms with E-state index < -0.39 is 5.92 Å². The van der Waals surface area contributed by atoms with Crippen molar-refractivity contribution in [1.29, 1.82) is 5.26 Å². The number of nitrogens with zero attached hydrogens (tertiary/aromatic N) is 2. The minimum Gasteiger partial charge on any atom is -0.384 e. The molecular weight excluding hydrogens is 502 g/mol. The van der Waals surface area contributed by atoms with Gasteiger partial charge in [-0.05, 0) is 66.0 Å². The lowest BCUT2D eigenvalue weighted by Crippen LogP contribution is -2.38. The molecule has 7 heteroatoms. The van der Waals surface area contributed by atoms with Gasteiger partial charge in [-0.2, -0.15) is 5.26 Å². The molecule has 1 aliphatic heterocycles. The van der Waals surface area contributed by atoms with E-state index in [-0.39, 0.29) is 5.78 Å². The number of carbonyl (C=O) groups excluding carboxylic acids is 1. The van der Waals surface area contributed by atoms with Crippen molar-refractivity contribution < 1.29 is 4.79 Å². The van der Waals surface area contributed by atoms with Crippen LogP contribution in [0.15, 0.2) is 61.9 Å². The highest BCUT2D eigenvalue weighted by atomic mass is 79.9. The maximum absolute atomic E-state index is 13.0. The summed E-state index contributed by atoms with van der Waals surface area (Å²) in [7, 11) is 0. The molecular formula is C21H17Br2N3OS. The van der Waals surface area contributed by atoms with Gasteiger partial charge in [-0.1, -0.05) is 15.9 Å². The number of benzene rings is 1. The smallest absolute Gasteiger partial charge is 0.161 e. The Morgan fingerprint density at radius 2 is 1.96 bits per heavy atom. The van der Waals surface area contributed by atoms with Crippen LogP contribution in [0.4, 0.5) is 5.69 Å². The van der Waals surface area contributed by atoms with Gasteiger partial charge in [0.1, 0.15) is 5.82 Å². The molecule has 0 fully saturated rings. The number of nitrogens with two attached hydrogens (primary N) is 1. The maximum atomic E-state index is 13.0. The van der Waals surface area contributed by atoms with Crippen LogP contribution in [0, 0.1) is 18.3 Å². The summed E-state index contributed by atoms with van der Waals surface area (Å²) >= 11 is 8.62. The van der Waals surface area contributed by atoms with Crippen LogP contribution in [0.2, 0.25) is 0 Å². The van der Waals surface area contributed by atoms with E-state index in [1.165, 1.54) is 0 Å². The number of nitriles is 1. The van der Waals surface area contributed by atoms with Crippen LogP contribution < -0.4 is 10.6 Å². The van der Waals surface area contributed by atoms with Crippen LogP contribution in [0.1, 0.15) is 34.9 Å². The van der Waals surface area contributed by atoms with Gasteiger partial charge in [-0.15, -0.1) is 11.3 Å². The van der Waals surface area contributed by atoms with Crippen molar-refractivity contribution in [2.45, 2.75) is 32.1 Å². The first-order valence-electron chi connectivity index (χ1n) is 8.90. The van der Waals surface area contributed by atoms with E-state index in [0.717, 1.165) is 42.9 Å². The lowest BCUT2D eigenvalue weighted by atomic mass is 9.78. The molecule has 4 rings (SSSR count). The molecule has 0 amide bonds. The van der Waals surface area contributed by atoms with Crippen LogP contribution in [0.3, 0.4) is 0 Å². The second-order valence-corrected chi connectivity index (χ2v) is 9.90. The lowest BCUT2D eigenvalue weighted by Gasteiger charge is -2.39. The van der Waals surface area contributed by atoms with Gasteiger partial charge in [0.25, 0.3) is 0 Å². The highest BCUT2D eigenvalue weighted by Crippen LogP contribution is 2.48. The predicted molar refractivity (Wildman–Crippen MR) is 119 cm³/mol. The van der Waals surface area contributed by atoms with Gasteiger partial charge in [0, 0.05) is 42.1 Å². The molecule has 142 valence electrons. The summed E-state index contributed by atoms with van der Waals surface area (Å²) in [5.74, 6) is 0.121. The van der Waals surface area contributed by atoms with Crippen molar-refractivity contribution in [2.75, 3.05) is 4.90 Å². The molecule has 0 radical (unpaired) electrons. The third-order valence-electron chi connectivity index (χ3n) is 5.16. The Balaban J connectivity index is 1.96. The van der Waals surface area contributed by atoms with Gasteiger partial charge in [-0.25, -0.2) is 0 Å². The standard InChI is InChI=1S/C21H17Br2N3OS/c1-11-15(23)9-18(28-11)19-14(10-24)21(25)26(13-7-5-12(22)6-8-13)16-3-2-4-17(27)20(16)19/h5-9,19H,2-4,25H2,1H3. The predicted octanol–water partition coefficient (Wildman–Crippen LogP) is 5.89. The molecule has 2 aromatic rings. The number of aryl methyl sites for hydroxylation is 1. The van der Waals surface area contributed by atoms with E-state index >= 15 is 0 Å². The summed E-state index contributed by atoms with van der Waals surface area (Å²) in [6.07, 6.45) is 2.06. The Morgan fingerprint density at radius 3 is 2.57 bits per heavy atom. The van der Waals surface area contributed by atoms with Crippen LogP contribution in [0.25, 0.3) is 0 Å². The van der Waals surface area contributed by atoms with Crippen LogP contribution in [-0.4, -0.2) is 5.78 Å². The summed E-state index contributed by atoms with van der Waals surface area (Å²) in [5, 5.41) is 9.99. The Bertz CT molecular complexity index is 1060. The summed E-state index contributed by atoms with van der Waals surface area (Å²) in [4.78, 5) is 17.0. The monoisotopic (exact) mass is 517 g/mol. The number of halogens is 2. The molecule has 1 unspecified atom stereocenters. The van der Waals surface area contributed by atoms with Crippen molar-refractivity contribution in [3.05, 3.63) is 71.7 Å². The van der Waals surface area contributed by atoms with Gasteiger partial charge < -0.3 is 5.73 Å². The molecule has 2 N–H and O–H groups in total. The van der Waals surface area contributed by atoms with E-state index in [2.05, 4.69) is 37.9 Å². The molecule has 0 bridgehead atoms. The molecule has 2 aliphatic rings. The summed E-state index contributed by atoms with van der Waals surface area (Å²) in [6, 6.07) is 12.1. The highest BCUT2D eigenvalue weighted by Gasteiger charge is 2.41. The fourth-order valence-electron chi connectivity index (χ4n) is 3.88. The highest BCUT2D eigenvalue weighted by molar-refractivity contribution is 9.10. The van der Waals surface area contributed by atoms with Crippen molar-refractivity contribution in [3.8, 4) is 6.07 Å². The van der Waals surface area contributed by atoms with Gasteiger partial charge in [-0.3, -0.25) is 9.69 Å². The Morgan fingerprint density at radius 1 is 1.25 bits per heavy atom. The molecule has 1 atom stereocenters. The third kappa shape index (κ3) is 3.14. The van der Waals surface area contributed by atoms with E-state index in [9.17, 15) is 10.1 Å². The van der Waals surface area contributed by atoms with Gasteiger partial charge in [0.15, 0.2) is 5.78 Å². The fraction of sp³-hybridized carbons (Fsp3) is 0.238. The Kier molecular flexibility index (Phi) is 5.21. The molecule has 1 aromatic carbocycles. The number of ketones is 1. The summed E-state index contributed by atoms with van der Waals surface area (Å²) in [5.41, 5.74) is 9.48. The summed E-state index contributed by atoms with van der Waals surface area (Å²) in [6.45, 7) is 2.02. The number of rotatable bonds is 2. The third-order valence-corrected chi connectivity index (χ3v) is 7.89. The molecule has 0 spiro atoms. The fourth-order valence-corrected chi connectivity index (χ4v) is 5.83. The van der Waals surface area contributed by atoms with Crippen molar-refractivity contribution >= 4 is 54.7 Å². The first-order valence-corrected chi connectivity index (χ1v) is 11.3. The number of carbonyl (C=O) groups is 1. The number of hydrogen-bond acceptors (Lipinski definition) is 5. The minimum absolute atomic E-state index is 0.107.